The number of nitrogens with zero attached hydrogens (tertiary/aromatic N) is 2. The van der Waals surface area contributed by atoms with Crippen LogP contribution in [0.15, 0.2) is 24.3 Å². The maximum atomic E-state index is 5.90. The third kappa shape index (κ3) is 3.39. The van der Waals surface area contributed by atoms with E-state index in [4.69, 9.17) is 4.74 Å². The average Bonchev–Trinajstić information content (AvgIpc) is 2.69. The van der Waals surface area contributed by atoms with Gasteiger partial charge in [0.1, 0.15) is 12.3 Å². The zero-order valence-electron chi connectivity index (χ0n) is 12.7. The Balaban J connectivity index is 1.97. The molecule has 4 heteroatoms. The molecule has 0 saturated heterocycles. The van der Waals surface area contributed by atoms with Crippen LogP contribution < -0.4 is 10.1 Å². The Labute approximate surface area is 120 Å². The number of aryl methyl sites for hydroxylation is 2. The number of rotatable bonds is 6. The minimum Gasteiger partial charge on any atom is -0.485 e. The van der Waals surface area contributed by atoms with Crippen molar-refractivity contribution in [3.8, 4) is 5.75 Å². The van der Waals surface area contributed by atoms with Crippen LogP contribution in [0.2, 0.25) is 0 Å². The number of aromatic nitrogens is 2. The van der Waals surface area contributed by atoms with Crippen LogP contribution in [-0.4, -0.2) is 16.3 Å². The number of benzene rings is 1. The second-order valence-corrected chi connectivity index (χ2v) is 5.01. The van der Waals surface area contributed by atoms with Gasteiger partial charge in [0.2, 0.25) is 0 Å². The van der Waals surface area contributed by atoms with E-state index in [2.05, 4.69) is 41.6 Å². The molecule has 0 bridgehead atoms. The fraction of sp³-hybridized carbons (Fsp3) is 0.438. The smallest absolute Gasteiger partial charge is 0.163 e. The van der Waals surface area contributed by atoms with Gasteiger partial charge in [-0.05, 0) is 31.5 Å². The number of hydrogen-bond donors (Lipinski definition) is 1. The SMILES string of the molecule is CCNCc1ccc(COc2c(C)nn(C)c2C)cc1. The topological polar surface area (TPSA) is 39.1 Å². The highest BCUT2D eigenvalue weighted by atomic mass is 16.5. The Morgan fingerprint density at radius 1 is 1.15 bits per heavy atom. The first-order valence-electron chi connectivity index (χ1n) is 7.03. The summed E-state index contributed by atoms with van der Waals surface area (Å²) in [6.45, 7) is 8.59. The van der Waals surface area contributed by atoms with E-state index in [0.717, 1.165) is 30.2 Å². The van der Waals surface area contributed by atoms with Crippen molar-refractivity contribution < 1.29 is 4.74 Å². The molecule has 0 aliphatic rings. The van der Waals surface area contributed by atoms with Gasteiger partial charge < -0.3 is 10.1 Å². The monoisotopic (exact) mass is 273 g/mol. The molecule has 0 aliphatic heterocycles. The molecular formula is C16H23N3O. The summed E-state index contributed by atoms with van der Waals surface area (Å²) in [4.78, 5) is 0. The largest absolute Gasteiger partial charge is 0.485 e. The van der Waals surface area contributed by atoms with Gasteiger partial charge in [-0.3, -0.25) is 4.68 Å². The lowest BCUT2D eigenvalue weighted by Gasteiger charge is -2.08. The van der Waals surface area contributed by atoms with Gasteiger partial charge in [0.15, 0.2) is 5.75 Å². The molecular weight excluding hydrogens is 250 g/mol. The van der Waals surface area contributed by atoms with E-state index in [1.165, 1.54) is 11.1 Å². The van der Waals surface area contributed by atoms with Crippen molar-refractivity contribution in [2.45, 2.75) is 33.9 Å². The molecule has 0 radical (unpaired) electrons. The van der Waals surface area contributed by atoms with Crippen molar-refractivity contribution in [2.24, 2.45) is 7.05 Å². The Morgan fingerprint density at radius 2 is 1.80 bits per heavy atom. The second-order valence-electron chi connectivity index (χ2n) is 5.01. The average molecular weight is 273 g/mol. The maximum absolute atomic E-state index is 5.90. The molecule has 1 N–H and O–H groups in total. The molecule has 108 valence electrons. The van der Waals surface area contributed by atoms with Crippen LogP contribution in [-0.2, 0) is 20.2 Å². The highest BCUT2D eigenvalue weighted by Gasteiger charge is 2.10. The van der Waals surface area contributed by atoms with Crippen LogP contribution in [0.3, 0.4) is 0 Å². The van der Waals surface area contributed by atoms with Crippen LogP contribution >= 0.6 is 0 Å². The molecule has 4 nitrogen and oxygen atoms in total. The van der Waals surface area contributed by atoms with Gasteiger partial charge in [-0.1, -0.05) is 31.2 Å². The van der Waals surface area contributed by atoms with Crippen LogP contribution in [0.5, 0.6) is 5.75 Å². The standard InChI is InChI=1S/C16H23N3O/c1-5-17-10-14-6-8-15(9-7-14)11-20-16-12(2)18-19(4)13(16)3/h6-9,17H,5,10-11H2,1-4H3. The number of ether oxygens (including phenoxy) is 1. The highest BCUT2D eigenvalue weighted by Crippen LogP contribution is 2.22. The lowest BCUT2D eigenvalue weighted by atomic mass is 10.1. The summed E-state index contributed by atoms with van der Waals surface area (Å²) in [6, 6.07) is 8.52. The predicted octanol–water partition coefficient (Wildman–Crippen LogP) is 2.73. The second kappa shape index (κ2) is 6.57. The van der Waals surface area contributed by atoms with Gasteiger partial charge in [-0.2, -0.15) is 5.10 Å². The number of nitrogens with one attached hydrogen (secondary N) is 1. The molecule has 0 saturated carbocycles. The van der Waals surface area contributed by atoms with Crippen molar-refractivity contribution in [1.29, 1.82) is 0 Å². The quantitative estimate of drug-likeness (QED) is 0.879. The van der Waals surface area contributed by atoms with Crippen molar-refractivity contribution in [2.75, 3.05) is 6.54 Å². The lowest BCUT2D eigenvalue weighted by Crippen LogP contribution is -2.11. The summed E-state index contributed by atoms with van der Waals surface area (Å²) in [7, 11) is 1.94. The zero-order chi connectivity index (χ0) is 14.5. The van der Waals surface area contributed by atoms with E-state index in [1.54, 1.807) is 0 Å². The first-order valence-corrected chi connectivity index (χ1v) is 7.03. The first-order chi connectivity index (χ1) is 9.61. The third-order valence-corrected chi connectivity index (χ3v) is 3.43. The van der Waals surface area contributed by atoms with Crippen LogP contribution in [0.4, 0.5) is 0 Å². The molecule has 0 spiro atoms. The van der Waals surface area contributed by atoms with Crippen molar-refractivity contribution in [3.63, 3.8) is 0 Å². The maximum Gasteiger partial charge on any atom is 0.163 e. The van der Waals surface area contributed by atoms with Crippen molar-refractivity contribution in [1.82, 2.24) is 15.1 Å². The van der Waals surface area contributed by atoms with Gasteiger partial charge in [-0.15, -0.1) is 0 Å². The van der Waals surface area contributed by atoms with Crippen LogP contribution in [0.1, 0.15) is 29.4 Å². The molecule has 1 aromatic heterocycles. The minimum absolute atomic E-state index is 0.578. The fourth-order valence-electron chi connectivity index (χ4n) is 2.14. The molecule has 1 heterocycles. The molecule has 2 rings (SSSR count). The van der Waals surface area contributed by atoms with E-state index in [0.29, 0.717) is 6.61 Å². The van der Waals surface area contributed by atoms with Crippen LogP contribution in [0, 0.1) is 13.8 Å². The van der Waals surface area contributed by atoms with Gasteiger partial charge in [-0.25, -0.2) is 0 Å². The van der Waals surface area contributed by atoms with E-state index >= 15 is 0 Å². The van der Waals surface area contributed by atoms with Gasteiger partial charge in [0.05, 0.1) is 5.69 Å². The van der Waals surface area contributed by atoms with Crippen molar-refractivity contribution >= 4 is 0 Å². The Bertz CT molecular complexity index is 558. The minimum atomic E-state index is 0.578. The lowest BCUT2D eigenvalue weighted by molar-refractivity contribution is 0.301. The molecule has 1 aromatic carbocycles. The molecule has 0 unspecified atom stereocenters. The normalized spacial score (nSPS) is 10.8. The molecule has 0 atom stereocenters. The van der Waals surface area contributed by atoms with Gasteiger partial charge in [0.25, 0.3) is 0 Å². The fourth-order valence-corrected chi connectivity index (χ4v) is 2.14. The molecule has 20 heavy (non-hydrogen) atoms. The summed E-state index contributed by atoms with van der Waals surface area (Å²) in [6.07, 6.45) is 0. The Hall–Kier alpha value is -1.81. The molecule has 0 amide bonds. The summed E-state index contributed by atoms with van der Waals surface area (Å²) in [5, 5.41) is 7.67. The Kier molecular flexibility index (Phi) is 4.79. The van der Waals surface area contributed by atoms with Crippen molar-refractivity contribution in [3.05, 3.63) is 46.8 Å². The number of hydrogen-bond acceptors (Lipinski definition) is 3. The Morgan fingerprint density at radius 3 is 2.35 bits per heavy atom. The van der Waals surface area contributed by atoms with Crippen LogP contribution in [0.25, 0.3) is 0 Å². The van der Waals surface area contributed by atoms with Gasteiger partial charge in [0, 0.05) is 13.6 Å². The molecule has 2 aromatic rings. The summed E-state index contributed by atoms with van der Waals surface area (Å²) >= 11 is 0. The predicted molar refractivity (Wildman–Crippen MR) is 80.8 cm³/mol. The van der Waals surface area contributed by atoms with E-state index in [1.807, 2.05) is 25.6 Å². The summed E-state index contributed by atoms with van der Waals surface area (Å²) in [5.74, 6) is 0.893. The first kappa shape index (κ1) is 14.6. The highest BCUT2D eigenvalue weighted by molar-refractivity contribution is 5.32. The van der Waals surface area contributed by atoms with E-state index in [9.17, 15) is 0 Å². The summed E-state index contributed by atoms with van der Waals surface area (Å²) in [5.41, 5.74) is 4.47. The van der Waals surface area contributed by atoms with E-state index < -0.39 is 0 Å². The zero-order valence-corrected chi connectivity index (χ0v) is 12.7. The summed E-state index contributed by atoms with van der Waals surface area (Å²) < 4.78 is 7.75. The van der Waals surface area contributed by atoms with E-state index in [-0.39, 0.29) is 0 Å². The van der Waals surface area contributed by atoms with Gasteiger partial charge >= 0.3 is 0 Å². The third-order valence-electron chi connectivity index (χ3n) is 3.43. The molecule has 0 fully saturated rings. The molecule has 0 aliphatic carbocycles.